The molecule has 2 saturated heterocycles. The fourth-order valence-electron chi connectivity index (χ4n) is 3.40. The molecular weight excluding hydrogens is 224 g/mol. The van der Waals surface area contributed by atoms with Crippen LogP contribution in [0.15, 0.2) is 30.3 Å². The zero-order valence-corrected chi connectivity index (χ0v) is 10.8. The molecule has 0 radical (unpaired) electrons. The van der Waals surface area contributed by atoms with Gasteiger partial charge < -0.3 is 5.11 Å². The number of nitrogens with zero attached hydrogens (tertiary/aromatic N) is 2. The number of rotatable bonds is 3. The van der Waals surface area contributed by atoms with E-state index in [4.69, 9.17) is 0 Å². The zero-order valence-electron chi connectivity index (χ0n) is 10.8. The second kappa shape index (κ2) is 5.39. The van der Waals surface area contributed by atoms with E-state index in [1.165, 1.54) is 18.4 Å². The van der Waals surface area contributed by atoms with Crippen LogP contribution < -0.4 is 0 Å². The fourth-order valence-corrected chi connectivity index (χ4v) is 3.40. The van der Waals surface area contributed by atoms with Crippen LogP contribution in [0.5, 0.6) is 0 Å². The van der Waals surface area contributed by atoms with Crippen LogP contribution in [0, 0.1) is 0 Å². The summed E-state index contributed by atoms with van der Waals surface area (Å²) in [5.74, 6) is 0. The lowest BCUT2D eigenvalue weighted by molar-refractivity contribution is 0.0539. The van der Waals surface area contributed by atoms with Crippen LogP contribution in [-0.2, 0) is 6.54 Å². The molecule has 1 aromatic carbocycles. The molecule has 1 N–H and O–H groups in total. The molecule has 18 heavy (non-hydrogen) atoms. The Labute approximate surface area is 109 Å². The van der Waals surface area contributed by atoms with Crippen molar-refractivity contribution < 1.29 is 5.11 Å². The number of hydrogen-bond donors (Lipinski definition) is 1. The highest BCUT2D eigenvalue weighted by Gasteiger charge is 2.36. The average molecular weight is 246 g/mol. The summed E-state index contributed by atoms with van der Waals surface area (Å²) >= 11 is 0. The molecule has 2 aliphatic rings. The van der Waals surface area contributed by atoms with Crippen LogP contribution in [0.1, 0.15) is 18.4 Å². The maximum absolute atomic E-state index is 9.35. The second-order valence-corrected chi connectivity index (χ2v) is 5.53. The van der Waals surface area contributed by atoms with E-state index in [2.05, 4.69) is 40.1 Å². The molecule has 2 heterocycles. The van der Waals surface area contributed by atoms with Gasteiger partial charge in [0.15, 0.2) is 0 Å². The van der Waals surface area contributed by atoms with Crippen molar-refractivity contribution in [2.45, 2.75) is 31.5 Å². The summed E-state index contributed by atoms with van der Waals surface area (Å²) in [6, 6.07) is 11.8. The van der Waals surface area contributed by atoms with Gasteiger partial charge in [-0.1, -0.05) is 30.3 Å². The zero-order chi connectivity index (χ0) is 12.4. The number of aliphatic hydroxyl groups excluding tert-OH is 1. The van der Waals surface area contributed by atoms with E-state index in [0.29, 0.717) is 18.7 Å². The van der Waals surface area contributed by atoms with E-state index in [-0.39, 0.29) is 0 Å². The smallest absolute Gasteiger partial charge is 0.0587 e. The van der Waals surface area contributed by atoms with E-state index in [1.807, 2.05) is 0 Å². The molecule has 2 aliphatic heterocycles. The summed E-state index contributed by atoms with van der Waals surface area (Å²) < 4.78 is 0. The Balaban J connectivity index is 1.59. The summed E-state index contributed by atoms with van der Waals surface area (Å²) in [7, 11) is 0. The van der Waals surface area contributed by atoms with Crippen LogP contribution in [0.3, 0.4) is 0 Å². The quantitative estimate of drug-likeness (QED) is 0.871. The van der Waals surface area contributed by atoms with Crippen molar-refractivity contribution in [3.63, 3.8) is 0 Å². The summed E-state index contributed by atoms with van der Waals surface area (Å²) in [4.78, 5) is 5.07. The van der Waals surface area contributed by atoms with Gasteiger partial charge in [-0.25, -0.2) is 0 Å². The molecule has 2 fully saturated rings. The largest absolute Gasteiger partial charge is 0.395 e. The number of hydrogen-bond acceptors (Lipinski definition) is 3. The molecule has 0 aromatic heterocycles. The molecule has 0 amide bonds. The third-order valence-electron chi connectivity index (χ3n) is 4.37. The monoisotopic (exact) mass is 246 g/mol. The Morgan fingerprint density at radius 3 is 2.72 bits per heavy atom. The Bertz CT molecular complexity index is 381. The van der Waals surface area contributed by atoms with E-state index in [1.54, 1.807) is 0 Å². The highest BCUT2D eigenvalue weighted by Crippen LogP contribution is 2.27. The Hall–Kier alpha value is -0.900. The van der Waals surface area contributed by atoms with E-state index < -0.39 is 0 Å². The molecule has 3 rings (SSSR count). The lowest BCUT2D eigenvalue weighted by atomic mass is 10.1. The predicted octanol–water partition coefficient (Wildman–Crippen LogP) is 1.33. The van der Waals surface area contributed by atoms with Crippen molar-refractivity contribution in [2.24, 2.45) is 0 Å². The highest BCUT2D eigenvalue weighted by molar-refractivity contribution is 5.14. The van der Waals surface area contributed by atoms with Gasteiger partial charge in [-0.3, -0.25) is 9.80 Å². The van der Waals surface area contributed by atoms with Crippen molar-refractivity contribution >= 4 is 0 Å². The van der Waals surface area contributed by atoms with Crippen LogP contribution in [0.25, 0.3) is 0 Å². The van der Waals surface area contributed by atoms with E-state index in [9.17, 15) is 5.11 Å². The Kier molecular flexibility index (Phi) is 3.64. The van der Waals surface area contributed by atoms with Gasteiger partial charge in [-0.2, -0.15) is 0 Å². The van der Waals surface area contributed by atoms with E-state index in [0.717, 1.165) is 26.2 Å². The summed E-state index contributed by atoms with van der Waals surface area (Å²) in [6.45, 7) is 4.79. The van der Waals surface area contributed by atoms with Gasteiger partial charge in [-0.05, 0) is 18.4 Å². The minimum atomic E-state index is 0.329. The first-order valence-corrected chi connectivity index (χ1v) is 6.99. The van der Waals surface area contributed by atoms with Crippen molar-refractivity contribution in [1.82, 2.24) is 9.80 Å². The van der Waals surface area contributed by atoms with Crippen LogP contribution >= 0.6 is 0 Å². The van der Waals surface area contributed by atoms with Crippen molar-refractivity contribution in [3.05, 3.63) is 35.9 Å². The molecule has 0 spiro atoms. The van der Waals surface area contributed by atoms with Gasteiger partial charge in [-0.15, -0.1) is 0 Å². The van der Waals surface area contributed by atoms with E-state index >= 15 is 0 Å². The van der Waals surface area contributed by atoms with Gasteiger partial charge in [0.25, 0.3) is 0 Å². The minimum Gasteiger partial charge on any atom is -0.395 e. The lowest BCUT2D eigenvalue weighted by Gasteiger charge is -2.39. The van der Waals surface area contributed by atoms with Crippen LogP contribution in [0.4, 0.5) is 0 Å². The van der Waals surface area contributed by atoms with Crippen molar-refractivity contribution in [1.29, 1.82) is 0 Å². The first kappa shape index (κ1) is 12.2. The normalized spacial score (nSPS) is 29.4. The maximum atomic E-state index is 9.35. The first-order chi connectivity index (χ1) is 8.86. The molecule has 3 nitrogen and oxygen atoms in total. The highest BCUT2D eigenvalue weighted by atomic mass is 16.3. The summed E-state index contributed by atoms with van der Waals surface area (Å²) in [5.41, 5.74) is 1.41. The SMILES string of the molecule is OCC1CCC2CN(Cc3ccccc3)CCN12. The molecule has 0 aliphatic carbocycles. The number of aliphatic hydroxyl groups is 1. The van der Waals surface area contributed by atoms with Gasteiger partial charge in [0, 0.05) is 38.3 Å². The molecule has 1 aromatic rings. The van der Waals surface area contributed by atoms with Gasteiger partial charge in [0.2, 0.25) is 0 Å². The maximum Gasteiger partial charge on any atom is 0.0587 e. The molecule has 98 valence electrons. The average Bonchev–Trinajstić information content (AvgIpc) is 2.82. The molecule has 0 saturated carbocycles. The number of benzene rings is 1. The molecule has 3 heteroatoms. The number of fused-ring (bicyclic) bond motifs is 1. The van der Waals surface area contributed by atoms with Gasteiger partial charge in [0.1, 0.15) is 0 Å². The van der Waals surface area contributed by atoms with Gasteiger partial charge >= 0.3 is 0 Å². The second-order valence-electron chi connectivity index (χ2n) is 5.53. The molecule has 2 atom stereocenters. The van der Waals surface area contributed by atoms with Gasteiger partial charge in [0.05, 0.1) is 6.61 Å². The molecular formula is C15H22N2O. The topological polar surface area (TPSA) is 26.7 Å². The standard InChI is InChI=1S/C15H22N2O/c18-12-15-7-6-14-11-16(8-9-17(14)15)10-13-4-2-1-3-5-13/h1-5,14-15,18H,6-12H2. The number of piperazine rings is 1. The Morgan fingerprint density at radius 1 is 1.11 bits per heavy atom. The lowest BCUT2D eigenvalue weighted by Crippen LogP contribution is -2.52. The van der Waals surface area contributed by atoms with Crippen molar-refractivity contribution in [3.8, 4) is 0 Å². The minimum absolute atomic E-state index is 0.329. The summed E-state index contributed by atoms with van der Waals surface area (Å²) in [5, 5.41) is 9.35. The third-order valence-corrected chi connectivity index (χ3v) is 4.37. The fraction of sp³-hybridized carbons (Fsp3) is 0.600. The van der Waals surface area contributed by atoms with Crippen LogP contribution in [-0.4, -0.2) is 53.2 Å². The first-order valence-electron chi connectivity index (χ1n) is 6.99. The molecule has 2 unspecified atom stereocenters. The van der Waals surface area contributed by atoms with Crippen LogP contribution in [0.2, 0.25) is 0 Å². The van der Waals surface area contributed by atoms with Crippen molar-refractivity contribution in [2.75, 3.05) is 26.2 Å². The molecule has 0 bridgehead atoms. The third kappa shape index (κ3) is 2.44. The Morgan fingerprint density at radius 2 is 1.94 bits per heavy atom. The summed E-state index contributed by atoms with van der Waals surface area (Å²) in [6.07, 6.45) is 2.41. The predicted molar refractivity (Wildman–Crippen MR) is 72.3 cm³/mol.